The van der Waals surface area contributed by atoms with E-state index in [0.717, 1.165) is 6.42 Å². The van der Waals surface area contributed by atoms with E-state index in [1.54, 1.807) is 0 Å². The number of rotatable bonds is 3. The first-order valence-electron chi connectivity index (χ1n) is 6.64. The second kappa shape index (κ2) is 3.46. The molecule has 3 aliphatic rings. The van der Waals surface area contributed by atoms with Gasteiger partial charge in [0.2, 0.25) is 5.91 Å². The van der Waals surface area contributed by atoms with Gasteiger partial charge in [-0.15, -0.1) is 0 Å². The van der Waals surface area contributed by atoms with Gasteiger partial charge in [0.05, 0.1) is 5.92 Å². The van der Waals surface area contributed by atoms with Gasteiger partial charge >= 0.3 is 0 Å². The van der Waals surface area contributed by atoms with Gasteiger partial charge in [-0.1, -0.05) is 0 Å². The van der Waals surface area contributed by atoms with Crippen molar-refractivity contribution in [3.63, 3.8) is 0 Å². The van der Waals surface area contributed by atoms with Gasteiger partial charge in [0.1, 0.15) is 0 Å². The predicted molar refractivity (Wildman–Crippen MR) is 63.0 cm³/mol. The number of amides is 1. The quantitative estimate of drug-likeness (QED) is 0.758. The van der Waals surface area contributed by atoms with Gasteiger partial charge in [-0.2, -0.15) is 0 Å². The van der Waals surface area contributed by atoms with Crippen molar-refractivity contribution in [3.8, 4) is 0 Å². The standard InChI is InChI=1S/C13H22N2O/c1-13(2,8-3-4-8)15-12(16)10-7-9-5-6-11(10)14-9/h8-11,14H,3-7H2,1-2H3,(H,15,16). The van der Waals surface area contributed by atoms with Gasteiger partial charge in [-0.25, -0.2) is 0 Å². The zero-order valence-corrected chi connectivity index (χ0v) is 10.3. The van der Waals surface area contributed by atoms with Crippen molar-refractivity contribution in [2.45, 2.75) is 63.6 Å². The van der Waals surface area contributed by atoms with Crippen molar-refractivity contribution in [2.75, 3.05) is 0 Å². The summed E-state index contributed by atoms with van der Waals surface area (Å²) in [5.74, 6) is 1.23. The molecule has 2 saturated heterocycles. The van der Waals surface area contributed by atoms with Crippen molar-refractivity contribution >= 4 is 5.91 Å². The lowest BCUT2D eigenvalue weighted by atomic mass is 9.87. The van der Waals surface area contributed by atoms with Crippen LogP contribution in [0.3, 0.4) is 0 Å². The van der Waals surface area contributed by atoms with E-state index in [1.807, 2.05) is 0 Å². The van der Waals surface area contributed by atoms with Crippen molar-refractivity contribution in [1.82, 2.24) is 10.6 Å². The SMILES string of the molecule is CC(C)(NC(=O)C1CC2CCC1N2)C1CC1. The molecular formula is C13H22N2O. The summed E-state index contributed by atoms with van der Waals surface area (Å²) in [5.41, 5.74) is 0.0128. The lowest BCUT2D eigenvalue weighted by Gasteiger charge is -2.29. The molecule has 0 aromatic carbocycles. The Morgan fingerprint density at radius 2 is 2.00 bits per heavy atom. The van der Waals surface area contributed by atoms with Gasteiger partial charge in [0.25, 0.3) is 0 Å². The average molecular weight is 222 g/mol. The first-order valence-corrected chi connectivity index (χ1v) is 6.64. The molecule has 0 aromatic heterocycles. The molecule has 2 heterocycles. The summed E-state index contributed by atoms with van der Waals surface area (Å²) in [5, 5.41) is 6.79. The van der Waals surface area contributed by atoms with Crippen LogP contribution in [0.5, 0.6) is 0 Å². The van der Waals surface area contributed by atoms with Crippen LogP contribution in [-0.2, 0) is 4.79 Å². The second-order valence-corrected chi connectivity index (χ2v) is 6.37. The van der Waals surface area contributed by atoms with E-state index in [-0.39, 0.29) is 17.4 Å². The van der Waals surface area contributed by atoms with E-state index in [9.17, 15) is 4.79 Å². The summed E-state index contributed by atoms with van der Waals surface area (Å²) in [6, 6.07) is 1.07. The molecule has 0 aromatic rings. The minimum absolute atomic E-state index is 0.0128. The third-order valence-electron chi connectivity index (χ3n) is 4.68. The molecule has 3 atom stereocenters. The average Bonchev–Trinajstić information content (AvgIpc) is 2.89. The Bertz CT molecular complexity index is 309. The van der Waals surface area contributed by atoms with Crippen LogP contribution in [0.15, 0.2) is 0 Å². The van der Waals surface area contributed by atoms with Crippen LogP contribution in [0.4, 0.5) is 0 Å². The molecule has 3 fully saturated rings. The predicted octanol–water partition coefficient (Wildman–Crippen LogP) is 1.43. The fourth-order valence-electron chi connectivity index (χ4n) is 3.43. The Morgan fingerprint density at radius 3 is 2.50 bits per heavy atom. The number of fused-ring (bicyclic) bond motifs is 2. The van der Waals surface area contributed by atoms with Crippen LogP contribution < -0.4 is 10.6 Å². The molecule has 3 nitrogen and oxygen atoms in total. The van der Waals surface area contributed by atoms with Crippen LogP contribution in [-0.4, -0.2) is 23.5 Å². The Hall–Kier alpha value is -0.570. The smallest absolute Gasteiger partial charge is 0.225 e. The summed E-state index contributed by atoms with van der Waals surface area (Å²) >= 11 is 0. The van der Waals surface area contributed by atoms with Crippen molar-refractivity contribution in [1.29, 1.82) is 0 Å². The number of carbonyl (C=O) groups excluding carboxylic acids is 1. The van der Waals surface area contributed by atoms with Crippen LogP contribution in [0.2, 0.25) is 0 Å². The molecule has 3 rings (SSSR count). The van der Waals surface area contributed by atoms with Gasteiger partial charge in [0.15, 0.2) is 0 Å². The maximum Gasteiger partial charge on any atom is 0.225 e. The first-order chi connectivity index (χ1) is 7.56. The fourth-order valence-corrected chi connectivity index (χ4v) is 3.43. The number of hydrogen-bond donors (Lipinski definition) is 2. The lowest BCUT2D eigenvalue weighted by molar-refractivity contribution is -0.127. The van der Waals surface area contributed by atoms with Crippen molar-refractivity contribution < 1.29 is 4.79 Å². The highest BCUT2D eigenvalue weighted by Crippen LogP contribution is 2.40. The topological polar surface area (TPSA) is 41.1 Å². The fraction of sp³-hybridized carbons (Fsp3) is 0.923. The summed E-state index contributed by atoms with van der Waals surface area (Å²) in [7, 11) is 0. The third-order valence-corrected chi connectivity index (χ3v) is 4.68. The zero-order chi connectivity index (χ0) is 11.3. The van der Waals surface area contributed by atoms with Gasteiger partial charge in [0, 0.05) is 17.6 Å². The number of nitrogens with one attached hydrogen (secondary N) is 2. The summed E-state index contributed by atoms with van der Waals surface area (Å²) in [4.78, 5) is 12.2. The van der Waals surface area contributed by atoms with E-state index in [4.69, 9.17) is 0 Å². The van der Waals surface area contributed by atoms with E-state index < -0.39 is 0 Å². The normalized spacial score (nSPS) is 37.8. The van der Waals surface area contributed by atoms with E-state index in [0.29, 0.717) is 18.0 Å². The maximum absolute atomic E-state index is 12.2. The van der Waals surface area contributed by atoms with E-state index in [2.05, 4.69) is 24.5 Å². The van der Waals surface area contributed by atoms with Crippen LogP contribution in [0.25, 0.3) is 0 Å². The monoisotopic (exact) mass is 222 g/mol. The molecule has 1 aliphatic carbocycles. The van der Waals surface area contributed by atoms with Crippen LogP contribution in [0, 0.1) is 11.8 Å². The number of carbonyl (C=O) groups is 1. The molecule has 0 radical (unpaired) electrons. The molecular weight excluding hydrogens is 200 g/mol. The largest absolute Gasteiger partial charge is 0.351 e. The molecule has 2 aliphatic heterocycles. The minimum atomic E-state index is 0.0128. The first kappa shape index (κ1) is 10.6. The zero-order valence-electron chi connectivity index (χ0n) is 10.3. The van der Waals surface area contributed by atoms with Crippen LogP contribution >= 0.6 is 0 Å². The summed E-state index contributed by atoms with van der Waals surface area (Å²) in [6.07, 6.45) is 6.06. The molecule has 16 heavy (non-hydrogen) atoms. The maximum atomic E-state index is 12.2. The Kier molecular flexibility index (Phi) is 2.29. The molecule has 3 unspecified atom stereocenters. The molecule has 1 saturated carbocycles. The molecule has 2 bridgehead atoms. The Balaban J connectivity index is 1.61. The molecule has 3 heteroatoms. The summed E-state index contributed by atoms with van der Waals surface area (Å²) < 4.78 is 0. The second-order valence-electron chi connectivity index (χ2n) is 6.37. The highest BCUT2D eigenvalue weighted by molar-refractivity contribution is 5.80. The van der Waals surface area contributed by atoms with Gasteiger partial charge in [-0.05, 0) is 51.9 Å². The van der Waals surface area contributed by atoms with Crippen molar-refractivity contribution in [3.05, 3.63) is 0 Å². The molecule has 90 valence electrons. The van der Waals surface area contributed by atoms with Crippen molar-refractivity contribution in [2.24, 2.45) is 11.8 Å². The Morgan fingerprint density at radius 1 is 1.25 bits per heavy atom. The molecule has 2 N–H and O–H groups in total. The third kappa shape index (κ3) is 1.75. The number of hydrogen-bond acceptors (Lipinski definition) is 2. The highest BCUT2D eigenvalue weighted by atomic mass is 16.2. The summed E-state index contributed by atoms with van der Waals surface area (Å²) in [6.45, 7) is 4.34. The Labute approximate surface area is 97.4 Å². The molecule has 0 spiro atoms. The minimum Gasteiger partial charge on any atom is -0.351 e. The van der Waals surface area contributed by atoms with E-state index >= 15 is 0 Å². The van der Waals surface area contributed by atoms with E-state index in [1.165, 1.54) is 25.7 Å². The van der Waals surface area contributed by atoms with Crippen LogP contribution in [0.1, 0.15) is 46.0 Å². The highest BCUT2D eigenvalue weighted by Gasteiger charge is 2.45. The molecule has 1 amide bonds. The van der Waals surface area contributed by atoms with Gasteiger partial charge < -0.3 is 10.6 Å². The lowest BCUT2D eigenvalue weighted by Crippen LogP contribution is -2.49. The van der Waals surface area contributed by atoms with Gasteiger partial charge in [-0.3, -0.25) is 4.79 Å².